The maximum Gasteiger partial charge on any atom is 0.255 e. The first-order valence-corrected chi connectivity index (χ1v) is 9.10. The third kappa shape index (κ3) is 3.03. The van der Waals surface area contributed by atoms with Crippen molar-refractivity contribution < 1.29 is 4.79 Å². The number of carbonyl (C=O) groups excluding carboxylic acids is 1. The molecule has 1 amide bonds. The number of nitrogens with zero attached hydrogens (tertiary/aromatic N) is 2. The zero-order valence-electron chi connectivity index (χ0n) is 15.2. The van der Waals surface area contributed by atoms with Crippen LogP contribution in [-0.4, -0.2) is 15.7 Å². The summed E-state index contributed by atoms with van der Waals surface area (Å²) < 4.78 is 1.92. The van der Waals surface area contributed by atoms with Crippen LogP contribution in [0.25, 0.3) is 0 Å². The van der Waals surface area contributed by atoms with E-state index in [2.05, 4.69) is 40.7 Å². The van der Waals surface area contributed by atoms with E-state index in [-0.39, 0.29) is 11.9 Å². The minimum Gasteiger partial charge on any atom is -0.345 e. The van der Waals surface area contributed by atoms with Crippen LogP contribution in [0, 0.1) is 13.8 Å². The van der Waals surface area contributed by atoms with Gasteiger partial charge in [-0.15, -0.1) is 0 Å². The van der Waals surface area contributed by atoms with Gasteiger partial charge in [0, 0.05) is 5.69 Å². The Morgan fingerprint density at radius 2 is 1.85 bits per heavy atom. The summed E-state index contributed by atoms with van der Waals surface area (Å²) in [6.07, 6.45) is 1.98. The summed E-state index contributed by atoms with van der Waals surface area (Å²) >= 11 is 0. The van der Waals surface area contributed by atoms with Crippen LogP contribution in [0.15, 0.2) is 54.6 Å². The first-order valence-electron chi connectivity index (χ1n) is 9.10. The van der Waals surface area contributed by atoms with Gasteiger partial charge in [-0.25, -0.2) is 0 Å². The molecule has 1 aromatic heterocycles. The highest BCUT2D eigenvalue weighted by Crippen LogP contribution is 2.31. The Labute approximate surface area is 153 Å². The largest absolute Gasteiger partial charge is 0.345 e. The summed E-state index contributed by atoms with van der Waals surface area (Å²) in [5.41, 5.74) is 6.15. The maximum atomic E-state index is 13.0. The van der Waals surface area contributed by atoms with Gasteiger partial charge >= 0.3 is 0 Å². The molecule has 0 bridgehead atoms. The average Bonchev–Trinajstić information content (AvgIpc) is 3.17. The monoisotopic (exact) mass is 345 g/mol. The number of benzene rings is 2. The highest BCUT2D eigenvalue weighted by Gasteiger charge is 2.26. The number of amides is 1. The fourth-order valence-electron chi connectivity index (χ4n) is 3.87. The van der Waals surface area contributed by atoms with Gasteiger partial charge < -0.3 is 5.32 Å². The molecule has 2 aromatic carbocycles. The van der Waals surface area contributed by atoms with Crippen LogP contribution in [0.5, 0.6) is 0 Å². The van der Waals surface area contributed by atoms with Crippen molar-refractivity contribution in [3.63, 3.8) is 0 Å². The molecule has 0 spiro atoms. The Bertz CT molecular complexity index is 943. The lowest BCUT2D eigenvalue weighted by Crippen LogP contribution is -2.28. The smallest absolute Gasteiger partial charge is 0.255 e. The summed E-state index contributed by atoms with van der Waals surface area (Å²) in [5.74, 6) is -0.0268. The molecular weight excluding hydrogens is 322 g/mol. The van der Waals surface area contributed by atoms with Gasteiger partial charge in [0.05, 0.1) is 23.8 Å². The van der Waals surface area contributed by atoms with Gasteiger partial charge in [-0.3, -0.25) is 9.48 Å². The second kappa shape index (κ2) is 6.79. The number of aryl methyl sites for hydroxylation is 2. The highest BCUT2D eigenvalue weighted by molar-refractivity contribution is 5.96. The van der Waals surface area contributed by atoms with E-state index in [1.807, 2.05) is 42.8 Å². The Morgan fingerprint density at radius 1 is 1.12 bits per heavy atom. The van der Waals surface area contributed by atoms with Gasteiger partial charge in [0.1, 0.15) is 0 Å². The molecule has 4 nitrogen and oxygen atoms in total. The molecule has 0 aliphatic heterocycles. The van der Waals surface area contributed by atoms with Crippen LogP contribution in [0.1, 0.15) is 50.9 Å². The minimum atomic E-state index is -0.0268. The fraction of sp³-hybridized carbons (Fsp3) is 0.273. The lowest BCUT2D eigenvalue weighted by atomic mass is 10.1. The van der Waals surface area contributed by atoms with E-state index in [1.54, 1.807) is 0 Å². The minimum absolute atomic E-state index is 0.0268. The van der Waals surface area contributed by atoms with Gasteiger partial charge in [-0.1, -0.05) is 54.6 Å². The molecule has 1 unspecified atom stereocenters. The first-order chi connectivity index (χ1) is 12.6. The van der Waals surface area contributed by atoms with E-state index < -0.39 is 0 Å². The average molecular weight is 345 g/mol. The Hall–Kier alpha value is -2.88. The van der Waals surface area contributed by atoms with Crippen molar-refractivity contribution in [3.8, 4) is 0 Å². The number of fused-ring (bicyclic) bond motifs is 1. The van der Waals surface area contributed by atoms with E-state index in [1.165, 1.54) is 16.7 Å². The zero-order chi connectivity index (χ0) is 18.1. The highest BCUT2D eigenvalue weighted by atomic mass is 16.1. The summed E-state index contributed by atoms with van der Waals surface area (Å²) in [6.45, 7) is 4.56. The number of rotatable bonds is 4. The number of hydrogen-bond acceptors (Lipinski definition) is 2. The van der Waals surface area contributed by atoms with E-state index in [4.69, 9.17) is 0 Å². The third-order valence-corrected chi connectivity index (χ3v) is 5.22. The standard InChI is InChI=1S/C22H23N3O/c1-15-21(16(2)25(24-15)14-17-8-4-3-5-9-17)22(26)23-20-13-12-18-10-6-7-11-19(18)20/h3-11,20H,12-14H2,1-2H3,(H,23,26). The van der Waals surface area contributed by atoms with E-state index in [9.17, 15) is 4.79 Å². The topological polar surface area (TPSA) is 46.9 Å². The molecule has 26 heavy (non-hydrogen) atoms. The molecule has 1 atom stereocenters. The lowest BCUT2D eigenvalue weighted by molar-refractivity contribution is 0.0935. The molecule has 0 radical (unpaired) electrons. The second-order valence-corrected chi connectivity index (χ2v) is 6.95. The van der Waals surface area contributed by atoms with Gasteiger partial charge in [0.2, 0.25) is 0 Å². The molecule has 0 fully saturated rings. The van der Waals surface area contributed by atoms with Crippen molar-refractivity contribution in [3.05, 3.63) is 88.2 Å². The van der Waals surface area contributed by atoms with Crippen molar-refractivity contribution in [2.45, 2.75) is 39.3 Å². The van der Waals surface area contributed by atoms with Crippen LogP contribution >= 0.6 is 0 Å². The zero-order valence-corrected chi connectivity index (χ0v) is 15.2. The molecule has 0 saturated heterocycles. The maximum absolute atomic E-state index is 13.0. The molecule has 0 saturated carbocycles. The van der Waals surface area contributed by atoms with E-state index >= 15 is 0 Å². The summed E-state index contributed by atoms with van der Waals surface area (Å²) in [4.78, 5) is 13.0. The quantitative estimate of drug-likeness (QED) is 0.778. The molecule has 1 aliphatic rings. The number of hydrogen-bond donors (Lipinski definition) is 1. The second-order valence-electron chi connectivity index (χ2n) is 6.95. The van der Waals surface area contributed by atoms with Crippen LogP contribution in [-0.2, 0) is 13.0 Å². The molecule has 1 N–H and O–H groups in total. The lowest BCUT2D eigenvalue weighted by Gasteiger charge is -2.14. The SMILES string of the molecule is Cc1nn(Cc2ccccc2)c(C)c1C(=O)NC1CCc2ccccc21. The fourth-order valence-corrected chi connectivity index (χ4v) is 3.87. The molecular formula is C22H23N3O. The van der Waals surface area contributed by atoms with Gasteiger partial charge in [0.15, 0.2) is 0 Å². The van der Waals surface area contributed by atoms with Crippen molar-refractivity contribution in [1.82, 2.24) is 15.1 Å². The number of aromatic nitrogens is 2. The van der Waals surface area contributed by atoms with Crippen LogP contribution in [0.3, 0.4) is 0 Å². The van der Waals surface area contributed by atoms with Crippen LogP contribution in [0.2, 0.25) is 0 Å². The van der Waals surface area contributed by atoms with Crippen molar-refractivity contribution >= 4 is 5.91 Å². The van der Waals surface area contributed by atoms with E-state index in [0.29, 0.717) is 12.1 Å². The van der Waals surface area contributed by atoms with Crippen molar-refractivity contribution in [1.29, 1.82) is 0 Å². The first kappa shape index (κ1) is 16.6. The van der Waals surface area contributed by atoms with Gasteiger partial charge in [-0.05, 0) is 43.4 Å². The molecule has 3 aromatic rings. The Kier molecular flexibility index (Phi) is 4.33. The van der Waals surface area contributed by atoms with Gasteiger partial charge in [-0.2, -0.15) is 5.10 Å². The number of carbonyl (C=O) groups is 1. The summed E-state index contributed by atoms with van der Waals surface area (Å²) in [5, 5.41) is 7.82. The Balaban J connectivity index is 1.55. The Morgan fingerprint density at radius 3 is 2.65 bits per heavy atom. The normalized spacial score (nSPS) is 15.7. The molecule has 4 heteroatoms. The predicted octanol–water partition coefficient (Wildman–Crippen LogP) is 3.97. The molecule has 1 heterocycles. The molecule has 1 aliphatic carbocycles. The molecule has 4 rings (SSSR count). The van der Waals surface area contributed by atoms with Crippen molar-refractivity contribution in [2.75, 3.05) is 0 Å². The predicted molar refractivity (Wildman–Crippen MR) is 102 cm³/mol. The summed E-state index contributed by atoms with van der Waals surface area (Å²) in [6, 6.07) is 18.7. The van der Waals surface area contributed by atoms with Crippen LogP contribution in [0.4, 0.5) is 0 Å². The van der Waals surface area contributed by atoms with Gasteiger partial charge in [0.25, 0.3) is 5.91 Å². The molecule has 132 valence electrons. The third-order valence-electron chi connectivity index (χ3n) is 5.22. The number of nitrogens with one attached hydrogen (secondary N) is 1. The summed E-state index contributed by atoms with van der Waals surface area (Å²) in [7, 11) is 0. The van der Waals surface area contributed by atoms with Crippen LogP contribution < -0.4 is 5.32 Å². The van der Waals surface area contributed by atoms with Crippen molar-refractivity contribution in [2.24, 2.45) is 0 Å². The van der Waals surface area contributed by atoms with E-state index in [0.717, 1.165) is 24.2 Å².